The highest BCUT2D eigenvalue weighted by Crippen LogP contribution is 2.31. The lowest BCUT2D eigenvalue weighted by molar-refractivity contribution is -0.144. The van der Waals surface area contributed by atoms with E-state index >= 15 is 0 Å². The van der Waals surface area contributed by atoms with Crippen LogP contribution >= 0.6 is 0 Å². The molecule has 0 bridgehead atoms. The van der Waals surface area contributed by atoms with Crippen molar-refractivity contribution in [3.05, 3.63) is 71.4 Å². The third-order valence-electron chi connectivity index (χ3n) is 4.54. The number of hydrogen-bond donors (Lipinski definition) is 2. The van der Waals surface area contributed by atoms with E-state index in [4.69, 9.17) is 9.47 Å². The van der Waals surface area contributed by atoms with E-state index < -0.39 is 12.0 Å². The van der Waals surface area contributed by atoms with Gasteiger partial charge < -0.3 is 20.1 Å². The second kappa shape index (κ2) is 8.61. The van der Waals surface area contributed by atoms with E-state index in [1.54, 1.807) is 6.92 Å². The van der Waals surface area contributed by atoms with E-state index in [1.807, 2.05) is 68.4 Å². The van der Waals surface area contributed by atoms with E-state index in [1.165, 1.54) is 0 Å². The van der Waals surface area contributed by atoms with Crippen LogP contribution in [0.3, 0.4) is 0 Å². The Morgan fingerprint density at radius 3 is 2.54 bits per heavy atom. The summed E-state index contributed by atoms with van der Waals surface area (Å²) in [6.07, 6.45) is 0.502. The van der Waals surface area contributed by atoms with E-state index in [0.717, 1.165) is 5.56 Å². The van der Waals surface area contributed by atoms with Crippen LogP contribution in [0.4, 0.5) is 4.79 Å². The van der Waals surface area contributed by atoms with Crippen LogP contribution in [0.2, 0.25) is 0 Å². The summed E-state index contributed by atoms with van der Waals surface area (Å²) >= 11 is 0. The summed E-state index contributed by atoms with van der Waals surface area (Å²) in [5.41, 5.74) is 1.60. The molecule has 0 saturated heterocycles. The molecule has 3 rings (SSSR count). The number of urea groups is 1. The van der Waals surface area contributed by atoms with Gasteiger partial charge in [0.15, 0.2) is 0 Å². The maximum atomic E-state index is 12.7. The molecule has 2 aromatic carbocycles. The fourth-order valence-corrected chi connectivity index (χ4v) is 2.93. The molecule has 0 aromatic heterocycles. The molecule has 6 nitrogen and oxygen atoms in total. The molecule has 2 atom stereocenters. The number of esters is 1. The van der Waals surface area contributed by atoms with Crippen LogP contribution in [0.25, 0.3) is 0 Å². The van der Waals surface area contributed by atoms with Gasteiger partial charge in [0.25, 0.3) is 0 Å². The molecule has 1 aliphatic heterocycles. The van der Waals surface area contributed by atoms with Crippen LogP contribution in [-0.4, -0.2) is 18.1 Å². The molecule has 2 aromatic rings. The van der Waals surface area contributed by atoms with Gasteiger partial charge in [0.2, 0.25) is 0 Å². The van der Waals surface area contributed by atoms with Gasteiger partial charge in [-0.05, 0) is 50.1 Å². The van der Waals surface area contributed by atoms with Gasteiger partial charge in [-0.2, -0.15) is 0 Å². The van der Waals surface area contributed by atoms with Crippen molar-refractivity contribution >= 4 is 12.0 Å². The van der Waals surface area contributed by atoms with Crippen molar-refractivity contribution in [1.82, 2.24) is 10.6 Å². The summed E-state index contributed by atoms with van der Waals surface area (Å²) < 4.78 is 11.4. The zero-order valence-corrected chi connectivity index (χ0v) is 16.2. The van der Waals surface area contributed by atoms with Crippen molar-refractivity contribution in [2.24, 2.45) is 0 Å². The fraction of sp³-hybridized carbons (Fsp3) is 0.273. The average molecular weight is 380 g/mol. The quantitative estimate of drug-likeness (QED) is 0.726. The lowest BCUT2D eigenvalue weighted by atomic mass is 9.95. The zero-order valence-electron chi connectivity index (χ0n) is 16.2. The Kier molecular flexibility index (Phi) is 5.99. The molecular weight excluding hydrogens is 356 g/mol. The van der Waals surface area contributed by atoms with Crippen LogP contribution in [0.5, 0.6) is 11.5 Å². The largest absolute Gasteiger partial charge is 0.459 e. The van der Waals surface area contributed by atoms with Crippen LogP contribution in [0, 0.1) is 0 Å². The number of allylic oxidation sites excluding steroid dienone is 1. The number of carbonyl (C=O) groups excluding carboxylic acids is 2. The van der Waals surface area contributed by atoms with Crippen LogP contribution in [-0.2, 0) is 9.53 Å². The molecule has 1 heterocycles. The average Bonchev–Trinajstić information content (AvgIpc) is 2.68. The van der Waals surface area contributed by atoms with E-state index in [9.17, 15) is 9.59 Å². The molecule has 0 spiro atoms. The number of ether oxygens (including phenoxy) is 2. The van der Waals surface area contributed by atoms with Gasteiger partial charge in [-0.1, -0.05) is 37.3 Å². The molecule has 0 saturated carbocycles. The smallest absolute Gasteiger partial charge is 0.338 e. The molecular formula is C22H24N2O4. The standard InChI is InChI=1S/C22H24N2O4/c1-4-14(2)27-21(25)19-15(3)23-22(26)24-20(19)16-9-8-12-18(13-16)28-17-10-6-5-7-11-17/h5-14,20H,4H2,1-3H3,(H2,23,24,26)/t14-,20-/m1/s1. The van der Waals surface area contributed by atoms with Gasteiger partial charge in [0, 0.05) is 5.70 Å². The number of hydrogen-bond acceptors (Lipinski definition) is 4. The number of nitrogens with one attached hydrogen (secondary N) is 2. The van der Waals surface area contributed by atoms with E-state index in [0.29, 0.717) is 29.2 Å². The topological polar surface area (TPSA) is 76.7 Å². The van der Waals surface area contributed by atoms with Crippen LogP contribution in [0.1, 0.15) is 38.8 Å². The highest BCUT2D eigenvalue weighted by molar-refractivity contribution is 5.95. The number of rotatable bonds is 6. The Balaban J connectivity index is 1.91. The number of amides is 2. The lowest BCUT2D eigenvalue weighted by Crippen LogP contribution is -2.45. The Morgan fingerprint density at radius 1 is 1.11 bits per heavy atom. The summed E-state index contributed by atoms with van der Waals surface area (Å²) in [6, 6.07) is 15.7. The molecule has 0 radical (unpaired) electrons. The minimum atomic E-state index is -0.621. The monoisotopic (exact) mass is 380 g/mol. The molecule has 146 valence electrons. The maximum absolute atomic E-state index is 12.7. The highest BCUT2D eigenvalue weighted by atomic mass is 16.5. The van der Waals surface area contributed by atoms with Gasteiger partial charge in [0.1, 0.15) is 11.5 Å². The van der Waals surface area contributed by atoms with Crippen molar-refractivity contribution in [3.63, 3.8) is 0 Å². The lowest BCUT2D eigenvalue weighted by Gasteiger charge is -2.29. The number of para-hydroxylation sites is 1. The van der Waals surface area contributed by atoms with Gasteiger partial charge in [0.05, 0.1) is 17.7 Å². The Morgan fingerprint density at radius 2 is 1.82 bits per heavy atom. The predicted octanol–water partition coefficient (Wildman–Crippen LogP) is 4.45. The van der Waals surface area contributed by atoms with E-state index in [2.05, 4.69) is 10.6 Å². The van der Waals surface area contributed by atoms with Crippen LogP contribution in [0.15, 0.2) is 65.9 Å². The van der Waals surface area contributed by atoms with Crippen molar-refractivity contribution < 1.29 is 19.1 Å². The first-order valence-electron chi connectivity index (χ1n) is 9.30. The van der Waals surface area contributed by atoms with Gasteiger partial charge in [-0.25, -0.2) is 9.59 Å². The fourth-order valence-electron chi connectivity index (χ4n) is 2.93. The molecule has 2 N–H and O–H groups in total. The summed E-state index contributed by atoms with van der Waals surface area (Å²) in [7, 11) is 0. The molecule has 28 heavy (non-hydrogen) atoms. The summed E-state index contributed by atoms with van der Waals surface area (Å²) in [5.74, 6) is 0.875. The molecule has 0 aliphatic carbocycles. The molecule has 2 amide bonds. The second-order valence-corrected chi connectivity index (χ2v) is 6.68. The summed E-state index contributed by atoms with van der Waals surface area (Å²) in [4.78, 5) is 24.8. The number of carbonyl (C=O) groups is 2. The first kappa shape index (κ1) is 19.5. The minimum absolute atomic E-state index is 0.209. The van der Waals surface area contributed by atoms with Gasteiger partial charge in [-0.3, -0.25) is 0 Å². The first-order valence-corrected chi connectivity index (χ1v) is 9.30. The predicted molar refractivity (Wildman–Crippen MR) is 106 cm³/mol. The summed E-state index contributed by atoms with van der Waals surface area (Å²) in [5, 5.41) is 5.47. The SMILES string of the molecule is CC[C@@H](C)OC(=O)C1=C(C)NC(=O)N[C@@H]1c1cccc(Oc2ccccc2)c1. The highest BCUT2D eigenvalue weighted by Gasteiger charge is 2.33. The third-order valence-corrected chi connectivity index (χ3v) is 4.54. The van der Waals surface area contributed by atoms with Crippen molar-refractivity contribution in [2.75, 3.05) is 0 Å². The first-order chi connectivity index (χ1) is 13.5. The maximum Gasteiger partial charge on any atom is 0.338 e. The normalized spacial score (nSPS) is 17.4. The van der Waals surface area contributed by atoms with Gasteiger partial charge in [-0.15, -0.1) is 0 Å². The van der Waals surface area contributed by atoms with Crippen LogP contribution < -0.4 is 15.4 Å². The van der Waals surface area contributed by atoms with E-state index in [-0.39, 0.29) is 12.1 Å². The molecule has 0 fully saturated rings. The van der Waals surface area contributed by atoms with Crippen molar-refractivity contribution in [3.8, 4) is 11.5 Å². The summed E-state index contributed by atoms with van der Waals surface area (Å²) in [6.45, 7) is 5.48. The molecule has 1 aliphatic rings. The zero-order chi connectivity index (χ0) is 20.1. The molecule has 0 unspecified atom stereocenters. The minimum Gasteiger partial charge on any atom is -0.459 e. The number of benzene rings is 2. The second-order valence-electron chi connectivity index (χ2n) is 6.68. The Hall–Kier alpha value is -3.28. The Labute approximate surface area is 164 Å². The third kappa shape index (κ3) is 4.52. The van der Waals surface area contributed by atoms with Crippen molar-refractivity contribution in [2.45, 2.75) is 39.3 Å². The van der Waals surface area contributed by atoms with Gasteiger partial charge >= 0.3 is 12.0 Å². The molecule has 6 heteroatoms. The van der Waals surface area contributed by atoms with Crippen molar-refractivity contribution in [1.29, 1.82) is 0 Å². The Bertz CT molecular complexity index is 892.